The molecule has 2 heterocycles. The lowest BCUT2D eigenvalue weighted by molar-refractivity contribution is -0.140. The first-order valence-corrected chi connectivity index (χ1v) is 12.4. The highest BCUT2D eigenvalue weighted by molar-refractivity contribution is 9.10. The number of hydrogen-bond donors (Lipinski definition) is 2. The number of nitrogens with zero attached hydrogens (tertiary/aromatic N) is 2. The molecule has 1 unspecified atom stereocenters. The van der Waals surface area contributed by atoms with Gasteiger partial charge in [0.2, 0.25) is 0 Å². The fraction of sp³-hybridized carbons (Fsp3) is 0.346. The first-order chi connectivity index (χ1) is 17.3. The molecule has 0 aromatic heterocycles. The van der Waals surface area contributed by atoms with Crippen molar-refractivity contribution in [2.24, 2.45) is 0 Å². The van der Waals surface area contributed by atoms with Crippen molar-refractivity contribution in [3.8, 4) is 5.75 Å². The van der Waals surface area contributed by atoms with Gasteiger partial charge in [-0.25, -0.2) is 4.79 Å². The predicted molar refractivity (Wildman–Crippen MR) is 134 cm³/mol. The summed E-state index contributed by atoms with van der Waals surface area (Å²) in [6.45, 7) is 3.94. The van der Waals surface area contributed by atoms with Crippen LogP contribution in [0.1, 0.15) is 33.9 Å². The molecule has 2 fully saturated rings. The summed E-state index contributed by atoms with van der Waals surface area (Å²) in [4.78, 5) is 41.9. The molecule has 4 rings (SSSR count). The maximum absolute atomic E-state index is 13.2. The Balaban J connectivity index is 1.72. The molecule has 0 aliphatic carbocycles. The fourth-order valence-electron chi connectivity index (χ4n) is 4.51. The molecule has 2 N–H and O–H groups in total. The number of aromatic hydroxyl groups is 1. The average Bonchev–Trinajstić information content (AvgIpc) is 3.15. The normalized spacial score (nSPS) is 20.1. The molecular formula is C26H27BrN2O7. The zero-order valence-electron chi connectivity index (χ0n) is 19.8. The van der Waals surface area contributed by atoms with Crippen LogP contribution in [-0.4, -0.2) is 84.2 Å². The number of carbonyl (C=O) groups is 3. The number of likely N-dealkylation sites (tertiary alicyclic amines) is 1. The van der Waals surface area contributed by atoms with Crippen LogP contribution in [-0.2, 0) is 19.1 Å². The van der Waals surface area contributed by atoms with E-state index in [4.69, 9.17) is 9.47 Å². The second-order valence-electron chi connectivity index (χ2n) is 8.58. The smallest absolute Gasteiger partial charge is 0.337 e. The third-order valence-electron chi connectivity index (χ3n) is 6.38. The Labute approximate surface area is 217 Å². The Morgan fingerprint density at radius 2 is 1.81 bits per heavy atom. The van der Waals surface area contributed by atoms with Gasteiger partial charge in [0.1, 0.15) is 11.5 Å². The minimum Gasteiger partial charge on any atom is -0.507 e. The van der Waals surface area contributed by atoms with Gasteiger partial charge >= 0.3 is 5.97 Å². The molecule has 2 aromatic rings. The number of halogens is 1. The van der Waals surface area contributed by atoms with Crippen LogP contribution in [0.25, 0.3) is 5.76 Å². The Hall–Kier alpha value is -3.21. The van der Waals surface area contributed by atoms with Crippen LogP contribution in [0.3, 0.4) is 0 Å². The summed E-state index contributed by atoms with van der Waals surface area (Å²) in [5, 5.41) is 21.5. The lowest BCUT2D eigenvalue weighted by Gasteiger charge is -2.29. The van der Waals surface area contributed by atoms with Crippen molar-refractivity contribution in [1.29, 1.82) is 0 Å². The van der Waals surface area contributed by atoms with Gasteiger partial charge in [-0.3, -0.25) is 14.5 Å². The van der Waals surface area contributed by atoms with E-state index in [1.807, 2.05) is 0 Å². The Morgan fingerprint density at radius 3 is 2.47 bits per heavy atom. The zero-order valence-corrected chi connectivity index (χ0v) is 21.4. The number of benzene rings is 2. The Kier molecular flexibility index (Phi) is 8.07. The van der Waals surface area contributed by atoms with Crippen LogP contribution >= 0.6 is 15.9 Å². The van der Waals surface area contributed by atoms with Crippen molar-refractivity contribution in [3.05, 3.63) is 69.2 Å². The van der Waals surface area contributed by atoms with Gasteiger partial charge in [0.15, 0.2) is 0 Å². The van der Waals surface area contributed by atoms with Crippen LogP contribution in [0, 0.1) is 0 Å². The molecule has 1 amide bonds. The molecule has 9 nitrogen and oxygen atoms in total. The number of esters is 1. The summed E-state index contributed by atoms with van der Waals surface area (Å²) in [6, 6.07) is 9.93. The minimum absolute atomic E-state index is 0.0341. The molecule has 0 saturated carbocycles. The number of aliphatic hydroxyl groups excluding tert-OH is 1. The number of ether oxygens (including phenoxy) is 2. The highest BCUT2D eigenvalue weighted by Gasteiger charge is 2.46. The summed E-state index contributed by atoms with van der Waals surface area (Å²) in [5.74, 6) is -2.77. The van der Waals surface area contributed by atoms with Gasteiger partial charge in [0.25, 0.3) is 11.7 Å². The number of rotatable bonds is 7. The van der Waals surface area contributed by atoms with Crippen molar-refractivity contribution in [2.75, 3.05) is 46.5 Å². The van der Waals surface area contributed by atoms with E-state index in [9.17, 15) is 24.6 Å². The van der Waals surface area contributed by atoms with E-state index in [2.05, 4.69) is 20.8 Å². The van der Waals surface area contributed by atoms with E-state index in [1.165, 1.54) is 24.1 Å². The third kappa shape index (κ3) is 5.30. The zero-order chi connectivity index (χ0) is 25.8. The van der Waals surface area contributed by atoms with Gasteiger partial charge < -0.3 is 24.6 Å². The number of aliphatic hydroxyl groups is 1. The minimum atomic E-state index is -0.889. The first kappa shape index (κ1) is 25.9. The Bertz CT molecular complexity index is 1190. The number of Topliss-reactive ketones (excluding diaryl/α,β-unsaturated/α-hetero) is 1. The standard InChI is InChI=1S/C26H27BrN2O7/c1-35-26(34)17-5-3-16(4-6-17)22-21(23(31)19-15-18(27)7-8-20(19)30)24(32)25(33)29(22)10-2-9-28-11-13-36-14-12-28/h3-8,15,22,30-31H,2,9-14H2,1H3/b23-21+. The van der Waals surface area contributed by atoms with E-state index in [0.29, 0.717) is 35.2 Å². The van der Waals surface area contributed by atoms with Crippen LogP contribution in [0.5, 0.6) is 5.75 Å². The number of phenolic OH excluding ortho intramolecular Hbond substituents is 1. The second kappa shape index (κ2) is 11.2. The van der Waals surface area contributed by atoms with E-state index in [-0.39, 0.29) is 23.4 Å². The molecule has 0 radical (unpaired) electrons. The number of carbonyl (C=O) groups excluding carboxylic acids is 3. The monoisotopic (exact) mass is 558 g/mol. The van der Waals surface area contributed by atoms with Gasteiger partial charge in [0.05, 0.1) is 43.1 Å². The number of phenols is 1. The quantitative estimate of drug-likeness (QED) is 0.230. The van der Waals surface area contributed by atoms with Crippen molar-refractivity contribution in [1.82, 2.24) is 9.80 Å². The molecule has 36 heavy (non-hydrogen) atoms. The summed E-state index contributed by atoms with van der Waals surface area (Å²) >= 11 is 3.31. The fourth-order valence-corrected chi connectivity index (χ4v) is 4.87. The number of ketones is 1. The molecular weight excluding hydrogens is 532 g/mol. The maximum atomic E-state index is 13.2. The summed E-state index contributed by atoms with van der Waals surface area (Å²) in [7, 11) is 1.28. The van der Waals surface area contributed by atoms with Crippen LogP contribution in [0.2, 0.25) is 0 Å². The summed E-state index contributed by atoms with van der Waals surface area (Å²) in [5.41, 5.74) is 0.775. The van der Waals surface area contributed by atoms with E-state index < -0.39 is 29.5 Å². The second-order valence-corrected chi connectivity index (χ2v) is 9.49. The SMILES string of the molecule is COC(=O)c1ccc(C2/C(=C(\O)c3cc(Br)ccc3O)C(=O)C(=O)N2CCCN2CCOCC2)cc1. The highest BCUT2D eigenvalue weighted by Crippen LogP contribution is 2.41. The number of hydrogen-bond acceptors (Lipinski definition) is 8. The topological polar surface area (TPSA) is 117 Å². The average molecular weight is 559 g/mol. The molecule has 2 aliphatic heterocycles. The first-order valence-electron chi connectivity index (χ1n) is 11.6. The molecule has 0 spiro atoms. The summed E-state index contributed by atoms with van der Waals surface area (Å²) < 4.78 is 10.7. The largest absolute Gasteiger partial charge is 0.507 e. The van der Waals surface area contributed by atoms with Crippen molar-refractivity contribution in [3.63, 3.8) is 0 Å². The number of amides is 1. The molecule has 2 aromatic carbocycles. The van der Waals surface area contributed by atoms with Crippen LogP contribution in [0.15, 0.2) is 52.5 Å². The molecule has 2 saturated heterocycles. The highest BCUT2D eigenvalue weighted by atomic mass is 79.9. The van der Waals surface area contributed by atoms with Crippen LogP contribution < -0.4 is 0 Å². The van der Waals surface area contributed by atoms with E-state index in [1.54, 1.807) is 30.3 Å². The molecule has 10 heteroatoms. The van der Waals surface area contributed by atoms with Gasteiger partial charge in [-0.2, -0.15) is 0 Å². The lowest BCUT2D eigenvalue weighted by Crippen LogP contribution is -2.39. The van der Waals surface area contributed by atoms with Crippen molar-refractivity contribution in [2.45, 2.75) is 12.5 Å². The molecule has 2 aliphatic rings. The van der Waals surface area contributed by atoms with Crippen LogP contribution in [0.4, 0.5) is 0 Å². The van der Waals surface area contributed by atoms with Gasteiger partial charge in [0, 0.05) is 30.7 Å². The van der Waals surface area contributed by atoms with E-state index >= 15 is 0 Å². The number of morpholine rings is 1. The third-order valence-corrected chi connectivity index (χ3v) is 6.87. The van der Waals surface area contributed by atoms with Gasteiger partial charge in [-0.05, 0) is 42.3 Å². The van der Waals surface area contributed by atoms with E-state index in [0.717, 1.165) is 19.6 Å². The van der Waals surface area contributed by atoms with Gasteiger partial charge in [-0.1, -0.05) is 28.1 Å². The number of methoxy groups -OCH3 is 1. The summed E-state index contributed by atoms with van der Waals surface area (Å²) in [6.07, 6.45) is 0.617. The maximum Gasteiger partial charge on any atom is 0.337 e. The molecule has 1 atom stereocenters. The molecule has 190 valence electrons. The predicted octanol–water partition coefficient (Wildman–Crippen LogP) is 3.09. The molecule has 0 bridgehead atoms. The van der Waals surface area contributed by atoms with Crippen molar-refractivity contribution < 1.29 is 34.1 Å². The Morgan fingerprint density at radius 1 is 1.11 bits per heavy atom. The van der Waals surface area contributed by atoms with Crippen molar-refractivity contribution >= 4 is 39.3 Å². The lowest BCUT2D eigenvalue weighted by atomic mass is 9.94. The van der Waals surface area contributed by atoms with Gasteiger partial charge in [-0.15, -0.1) is 0 Å².